The van der Waals surface area contributed by atoms with Crippen LogP contribution in [0.25, 0.3) is 0 Å². The van der Waals surface area contributed by atoms with Gasteiger partial charge in [-0.05, 0) is 30.5 Å². The molecule has 0 aliphatic carbocycles. The first-order valence-corrected chi connectivity index (χ1v) is 9.92. The molecule has 1 aliphatic heterocycles. The Kier molecular flexibility index (Phi) is 6.87. The fourth-order valence-electron chi connectivity index (χ4n) is 2.65. The van der Waals surface area contributed by atoms with E-state index in [9.17, 15) is 21.6 Å². The molecule has 1 heterocycles. The molecule has 26 heavy (non-hydrogen) atoms. The van der Waals surface area contributed by atoms with Gasteiger partial charge in [0.1, 0.15) is 0 Å². The number of rotatable bonds is 6. The number of hydrogen-bond acceptors (Lipinski definition) is 3. The van der Waals surface area contributed by atoms with Crippen LogP contribution < -0.4 is 10.6 Å². The van der Waals surface area contributed by atoms with Crippen LogP contribution in [0.4, 0.5) is 13.2 Å². The van der Waals surface area contributed by atoms with Crippen molar-refractivity contribution in [3.8, 4) is 0 Å². The van der Waals surface area contributed by atoms with Crippen LogP contribution in [0.15, 0.2) is 29.3 Å². The predicted octanol–water partition coefficient (Wildman–Crippen LogP) is 1.45. The summed E-state index contributed by atoms with van der Waals surface area (Å²) in [6, 6.07) is 5.05. The molecule has 0 spiro atoms. The van der Waals surface area contributed by atoms with Crippen LogP contribution in [0, 0.1) is 0 Å². The van der Waals surface area contributed by atoms with E-state index in [1.165, 1.54) is 16.4 Å². The van der Waals surface area contributed by atoms with Gasteiger partial charge in [-0.15, -0.1) is 0 Å². The Bertz CT molecular complexity index is 718. The number of nitrogens with one attached hydrogen (secondary N) is 2. The molecule has 0 saturated carbocycles. The zero-order chi connectivity index (χ0) is 19.2. The maximum atomic E-state index is 12.5. The van der Waals surface area contributed by atoms with E-state index in [2.05, 4.69) is 15.6 Å². The van der Waals surface area contributed by atoms with E-state index in [0.29, 0.717) is 45.0 Å². The molecule has 0 radical (unpaired) electrons. The molecule has 10 heteroatoms. The average molecular weight is 392 g/mol. The fraction of sp³-hybridized carbons (Fsp3) is 0.562. The van der Waals surface area contributed by atoms with E-state index < -0.39 is 21.8 Å². The van der Waals surface area contributed by atoms with Crippen LogP contribution in [0.2, 0.25) is 0 Å². The van der Waals surface area contributed by atoms with E-state index in [0.717, 1.165) is 17.7 Å². The molecule has 0 atom stereocenters. The van der Waals surface area contributed by atoms with Crippen LogP contribution in [0.1, 0.15) is 17.5 Å². The van der Waals surface area contributed by atoms with Crippen molar-refractivity contribution in [1.82, 2.24) is 14.9 Å². The maximum absolute atomic E-state index is 12.5. The van der Waals surface area contributed by atoms with Gasteiger partial charge in [-0.3, -0.25) is 4.99 Å². The Hall–Kier alpha value is -1.81. The molecule has 0 bridgehead atoms. The first-order chi connectivity index (χ1) is 12.2. The number of benzene rings is 1. The van der Waals surface area contributed by atoms with Gasteiger partial charge in [0.2, 0.25) is 10.0 Å². The number of nitrogens with zero attached hydrogens (tertiary/aromatic N) is 2. The SMILES string of the molecule is CN=C(NCCc1ccc(C(F)(F)F)cc1)NCCN1CCCS1(=O)=O. The van der Waals surface area contributed by atoms with E-state index >= 15 is 0 Å². The smallest absolute Gasteiger partial charge is 0.356 e. The standard InChI is InChI=1S/C16H23F3N4O2S/c1-20-15(22-9-11-23-10-2-12-26(23,24)25)21-8-7-13-3-5-14(6-4-13)16(17,18)19/h3-6H,2,7-12H2,1H3,(H2,20,21,22). The van der Waals surface area contributed by atoms with Gasteiger partial charge in [-0.25, -0.2) is 12.7 Å². The Labute approximate surface area is 151 Å². The average Bonchev–Trinajstić information content (AvgIpc) is 2.91. The maximum Gasteiger partial charge on any atom is 0.416 e. The topological polar surface area (TPSA) is 73.8 Å². The molecule has 0 unspecified atom stereocenters. The molecule has 1 fully saturated rings. The van der Waals surface area contributed by atoms with Crippen LogP contribution in [0.5, 0.6) is 0 Å². The van der Waals surface area contributed by atoms with Gasteiger partial charge in [-0.1, -0.05) is 12.1 Å². The number of alkyl halides is 3. The number of sulfonamides is 1. The van der Waals surface area contributed by atoms with Crippen LogP contribution in [-0.4, -0.2) is 57.7 Å². The molecule has 2 N–H and O–H groups in total. The normalized spacial score (nSPS) is 18.1. The lowest BCUT2D eigenvalue weighted by atomic mass is 10.1. The van der Waals surface area contributed by atoms with Gasteiger partial charge in [0.25, 0.3) is 0 Å². The third kappa shape index (κ3) is 5.87. The Morgan fingerprint density at radius 2 is 1.85 bits per heavy atom. The first kappa shape index (κ1) is 20.5. The molecule has 146 valence electrons. The zero-order valence-corrected chi connectivity index (χ0v) is 15.3. The van der Waals surface area contributed by atoms with Gasteiger partial charge >= 0.3 is 6.18 Å². The molecular weight excluding hydrogens is 369 g/mol. The van der Waals surface area contributed by atoms with E-state index in [-0.39, 0.29) is 5.75 Å². The summed E-state index contributed by atoms with van der Waals surface area (Å²) in [7, 11) is -1.51. The summed E-state index contributed by atoms with van der Waals surface area (Å²) in [5.74, 6) is 0.723. The molecule has 1 aromatic carbocycles. The zero-order valence-electron chi connectivity index (χ0n) is 14.5. The first-order valence-electron chi connectivity index (χ1n) is 8.31. The third-order valence-electron chi connectivity index (χ3n) is 4.07. The summed E-state index contributed by atoms with van der Waals surface area (Å²) in [5, 5.41) is 6.09. The monoisotopic (exact) mass is 392 g/mol. The highest BCUT2D eigenvalue weighted by Crippen LogP contribution is 2.29. The van der Waals surface area contributed by atoms with Crippen LogP contribution in [0.3, 0.4) is 0 Å². The summed E-state index contributed by atoms with van der Waals surface area (Å²) in [4.78, 5) is 4.04. The van der Waals surface area contributed by atoms with Crippen molar-refractivity contribution in [2.45, 2.75) is 19.0 Å². The molecule has 6 nitrogen and oxygen atoms in total. The summed E-state index contributed by atoms with van der Waals surface area (Å²) >= 11 is 0. The number of guanidine groups is 1. The van der Waals surface area contributed by atoms with Crippen molar-refractivity contribution < 1.29 is 21.6 Å². The van der Waals surface area contributed by atoms with E-state index in [1.54, 1.807) is 7.05 Å². The molecular formula is C16H23F3N4O2S. The minimum Gasteiger partial charge on any atom is -0.356 e. The second kappa shape index (κ2) is 8.72. The highest BCUT2D eigenvalue weighted by molar-refractivity contribution is 7.89. The van der Waals surface area contributed by atoms with Crippen molar-refractivity contribution >= 4 is 16.0 Å². The summed E-state index contributed by atoms with van der Waals surface area (Å²) in [6.07, 6.45) is -3.13. The Morgan fingerprint density at radius 3 is 2.38 bits per heavy atom. The van der Waals surface area contributed by atoms with E-state index in [1.807, 2.05) is 0 Å². The lowest BCUT2D eigenvalue weighted by molar-refractivity contribution is -0.137. The van der Waals surface area contributed by atoms with Gasteiger partial charge in [0.15, 0.2) is 5.96 Å². The third-order valence-corrected chi connectivity index (χ3v) is 6.02. The molecule has 1 aliphatic rings. The number of halogens is 3. The molecule has 2 rings (SSSR count). The lowest BCUT2D eigenvalue weighted by Crippen LogP contribution is -2.42. The van der Waals surface area contributed by atoms with Crippen molar-refractivity contribution in [2.24, 2.45) is 4.99 Å². The van der Waals surface area contributed by atoms with Crippen molar-refractivity contribution in [2.75, 3.05) is 39.0 Å². The van der Waals surface area contributed by atoms with Gasteiger partial charge < -0.3 is 10.6 Å². The quantitative estimate of drug-likeness (QED) is 0.568. The number of hydrogen-bond donors (Lipinski definition) is 2. The van der Waals surface area contributed by atoms with Gasteiger partial charge in [0.05, 0.1) is 11.3 Å². The molecule has 1 aromatic rings. The summed E-state index contributed by atoms with van der Waals surface area (Å²) in [5.41, 5.74) is 0.118. The fourth-order valence-corrected chi connectivity index (χ4v) is 4.18. The summed E-state index contributed by atoms with van der Waals surface area (Å²) in [6.45, 7) is 1.85. The molecule has 0 amide bonds. The van der Waals surface area contributed by atoms with Crippen molar-refractivity contribution in [3.63, 3.8) is 0 Å². The minimum atomic E-state index is -4.33. The van der Waals surface area contributed by atoms with Gasteiger partial charge in [-0.2, -0.15) is 13.2 Å². The predicted molar refractivity (Wildman–Crippen MR) is 94.5 cm³/mol. The second-order valence-corrected chi connectivity index (χ2v) is 8.03. The van der Waals surface area contributed by atoms with Crippen LogP contribution in [-0.2, 0) is 22.6 Å². The van der Waals surface area contributed by atoms with Crippen molar-refractivity contribution in [3.05, 3.63) is 35.4 Å². The summed E-state index contributed by atoms with van der Waals surface area (Å²) < 4.78 is 62.4. The highest BCUT2D eigenvalue weighted by atomic mass is 32.2. The van der Waals surface area contributed by atoms with Crippen LogP contribution >= 0.6 is 0 Å². The highest BCUT2D eigenvalue weighted by Gasteiger charge is 2.30. The Balaban J connectivity index is 1.72. The largest absolute Gasteiger partial charge is 0.416 e. The van der Waals surface area contributed by atoms with E-state index in [4.69, 9.17) is 0 Å². The molecule has 0 aromatic heterocycles. The van der Waals surface area contributed by atoms with Crippen molar-refractivity contribution in [1.29, 1.82) is 0 Å². The number of aliphatic imine (C=N–C) groups is 1. The lowest BCUT2D eigenvalue weighted by Gasteiger charge is -2.16. The molecule has 1 saturated heterocycles. The second-order valence-electron chi connectivity index (χ2n) is 5.94. The minimum absolute atomic E-state index is 0.201. The van der Waals surface area contributed by atoms with Gasteiger partial charge in [0, 0.05) is 33.2 Å². The Morgan fingerprint density at radius 1 is 1.19 bits per heavy atom.